The molecule has 0 amide bonds. The maximum Gasteiger partial charge on any atom is 0.0924 e. The highest BCUT2D eigenvalue weighted by Gasteiger charge is 2.27. The highest BCUT2D eigenvalue weighted by molar-refractivity contribution is 5.68. The minimum absolute atomic E-state index is 0.0926. The third-order valence-corrected chi connectivity index (χ3v) is 1.96. The van der Waals surface area contributed by atoms with Crippen molar-refractivity contribution in [1.29, 1.82) is 0 Å². The van der Waals surface area contributed by atoms with E-state index in [1.54, 1.807) is 0 Å². The van der Waals surface area contributed by atoms with Crippen molar-refractivity contribution in [1.82, 2.24) is 0 Å². The quantitative estimate of drug-likeness (QED) is 0.451. The first kappa shape index (κ1) is 6.55. The number of carboxylic acids is 1. The van der Waals surface area contributed by atoms with Gasteiger partial charge in [-0.05, 0) is 19.3 Å². The molecule has 0 aromatic rings. The van der Waals surface area contributed by atoms with E-state index in [2.05, 4.69) is 5.73 Å². The van der Waals surface area contributed by atoms with Gasteiger partial charge in [-0.2, -0.15) is 0 Å². The molecule has 0 saturated heterocycles. The molecule has 1 aliphatic rings. The molecule has 0 aliphatic heterocycles. The van der Waals surface area contributed by atoms with Crippen LogP contribution in [-0.4, -0.2) is 12.0 Å². The van der Waals surface area contributed by atoms with Crippen LogP contribution < -0.4 is 10.8 Å². The van der Waals surface area contributed by atoms with Crippen molar-refractivity contribution in [2.45, 2.75) is 25.3 Å². The van der Waals surface area contributed by atoms with Crippen molar-refractivity contribution in [2.75, 3.05) is 0 Å². The molecule has 3 nitrogen and oxygen atoms in total. The maximum absolute atomic E-state index is 10.3. The molecule has 3 heteroatoms. The van der Waals surface area contributed by atoms with Gasteiger partial charge in [0, 0.05) is 0 Å². The Labute approximate surface area is 53.9 Å². The summed E-state index contributed by atoms with van der Waals surface area (Å²) in [5, 5.41) is 10.3. The van der Waals surface area contributed by atoms with Gasteiger partial charge in [0.15, 0.2) is 0 Å². The molecular formula is C6H11NO2. The molecule has 1 aliphatic carbocycles. The zero-order valence-corrected chi connectivity index (χ0v) is 5.30. The molecule has 1 saturated carbocycles. The monoisotopic (exact) mass is 129 g/mol. The molecule has 0 heterocycles. The van der Waals surface area contributed by atoms with Gasteiger partial charge in [0.05, 0.1) is 17.9 Å². The molecule has 1 fully saturated rings. The van der Waals surface area contributed by atoms with Crippen LogP contribution in [-0.2, 0) is 4.79 Å². The zero-order valence-electron chi connectivity index (χ0n) is 5.30. The van der Waals surface area contributed by atoms with Crippen molar-refractivity contribution in [3.05, 3.63) is 0 Å². The average molecular weight is 129 g/mol. The van der Waals surface area contributed by atoms with Gasteiger partial charge in [-0.15, -0.1) is 0 Å². The van der Waals surface area contributed by atoms with Gasteiger partial charge in [-0.1, -0.05) is 0 Å². The lowest BCUT2D eigenvalue weighted by molar-refractivity contribution is -0.431. The Morgan fingerprint density at radius 3 is 2.44 bits per heavy atom. The number of carbonyl (C=O) groups is 1. The number of carboxylic acid groups (broad SMARTS) is 1. The van der Waals surface area contributed by atoms with E-state index < -0.39 is 5.97 Å². The first-order chi connectivity index (χ1) is 4.22. The van der Waals surface area contributed by atoms with Gasteiger partial charge in [0.2, 0.25) is 0 Å². The van der Waals surface area contributed by atoms with Crippen LogP contribution in [0.4, 0.5) is 0 Å². The van der Waals surface area contributed by atoms with Crippen LogP contribution in [0, 0.1) is 5.92 Å². The number of carbonyl (C=O) groups excluding carboxylic acids is 1. The van der Waals surface area contributed by atoms with Gasteiger partial charge >= 0.3 is 0 Å². The molecule has 3 N–H and O–H groups in total. The normalized spacial score (nSPS) is 34.8. The molecular weight excluding hydrogens is 118 g/mol. The highest BCUT2D eigenvalue weighted by Crippen LogP contribution is 2.21. The van der Waals surface area contributed by atoms with Crippen LogP contribution in [0.2, 0.25) is 0 Å². The molecule has 9 heavy (non-hydrogen) atoms. The van der Waals surface area contributed by atoms with Gasteiger partial charge in [-0.25, -0.2) is 0 Å². The molecule has 2 atom stereocenters. The van der Waals surface area contributed by atoms with Crippen LogP contribution in [0.25, 0.3) is 0 Å². The summed E-state index contributed by atoms with van der Waals surface area (Å²) in [6.45, 7) is 0. The second kappa shape index (κ2) is 2.35. The van der Waals surface area contributed by atoms with Gasteiger partial charge in [-0.3, -0.25) is 0 Å². The van der Waals surface area contributed by atoms with E-state index in [-0.39, 0.29) is 12.0 Å². The fourth-order valence-corrected chi connectivity index (χ4v) is 1.35. The number of hydrogen-bond acceptors (Lipinski definition) is 2. The Kier molecular flexibility index (Phi) is 1.71. The Balaban J connectivity index is 2.49. The summed E-state index contributed by atoms with van der Waals surface area (Å²) in [6.07, 6.45) is 2.70. The van der Waals surface area contributed by atoms with E-state index in [0.29, 0.717) is 0 Å². The Bertz CT molecular complexity index is 124. The molecule has 1 rings (SSSR count). The SMILES string of the molecule is [NH3+][C@H]1CCC[C@H]1C(=O)[O-]. The lowest BCUT2D eigenvalue weighted by atomic mass is 10.1. The van der Waals surface area contributed by atoms with E-state index in [9.17, 15) is 9.90 Å². The highest BCUT2D eigenvalue weighted by atomic mass is 16.4. The van der Waals surface area contributed by atoms with Gasteiger partial charge in [0.1, 0.15) is 0 Å². The summed E-state index contributed by atoms with van der Waals surface area (Å²) in [5.41, 5.74) is 3.72. The van der Waals surface area contributed by atoms with E-state index in [0.717, 1.165) is 19.3 Å². The summed E-state index contributed by atoms with van der Waals surface area (Å²) in [6, 6.07) is 0.0926. The van der Waals surface area contributed by atoms with Crippen LogP contribution in [0.15, 0.2) is 0 Å². The molecule has 0 aromatic heterocycles. The van der Waals surface area contributed by atoms with Crippen LogP contribution in [0.3, 0.4) is 0 Å². The topological polar surface area (TPSA) is 67.8 Å². The number of aliphatic carboxylic acids is 1. The van der Waals surface area contributed by atoms with E-state index in [1.807, 2.05) is 0 Å². The van der Waals surface area contributed by atoms with Crippen molar-refractivity contribution >= 4 is 5.97 Å². The predicted octanol–water partition coefficient (Wildman–Crippen LogP) is -1.85. The standard InChI is InChI=1S/C6H11NO2/c7-5-3-1-2-4(5)6(8)9/h4-5H,1-3,7H2,(H,8,9)/t4-,5+/m1/s1. The zero-order chi connectivity index (χ0) is 6.85. The lowest BCUT2D eigenvalue weighted by Gasteiger charge is -2.12. The van der Waals surface area contributed by atoms with Crippen molar-refractivity contribution in [3.63, 3.8) is 0 Å². The summed E-state index contributed by atoms with van der Waals surface area (Å²) in [7, 11) is 0. The predicted molar refractivity (Wildman–Crippen MR) is 29.0 cm³/mol. The molecule has 0 radical (unpaired) electrons. The second-order valence-electron chi connectivity index (χ2n) is 2.62. The molecule has 0 aromatic carbocycles. The Morgan fingerprint density at radius 2 is 2.22 bits per heavy atom. The fraction of sp³-hybridized carbons (Fsp3) is 0.833. The number of hydrogen-bond donors (Lipinski definition) is 1. The fourth-order valence-electron chi connectivity index (χ4n) is 1.35. The third-order valence-electron chi connectivity index (χ3n) is 1.96. The first-order valence-electron chi connectivity index (χ1n) is 3.26. The number of quaternary nitrogens is 1. The van der Waals surface area contributed by atoms with Gasteiger partial charge in [0.25, 0.3) is 0 Å². The van der Waals surface area contributed by atoms with Crippen molar-refractivity contribution in [3.8, 4) is 0 Å². The van der Waals surface area contributed by atoms with Crippen LogP contribution in [0.1, 0.15) is 19.3 Å². The smallest absolute Gasteiger partial charge is 0.0924 e. The van der Waals surface area contributed by atoms with Crippen molar-refractivity contribution < 1.29 is 15.6 Å². The Morgan fingerprint density at radius 1 is 1.56 bits per heavy atom. The molecule has 0 spiro atoms. The van der Waals surface area contributed by atoms with Gasteiger partial charge < -0.3 is 15.6 Å². The summed E-state index contributed by atoms with van der Waals surface area (Å²) in [5.74, 6) is -1.20. The van der Waals surface area contributed by atoms with Crippen LogP contribution >= 0.6 is 0 Å². The average Bonchev–Trinajstić information content (AvgIpc) is 2.13. The summed E-state index contributed by atoms with van der Waals surface area (Å²) < 4.78 is 0. The largest absolute Gasteiger partial charge is 0.550 e. The molecule has 0 unspecified atom stereocenters. The van der Waals surface area contributed by atoms with E-state index >= 15 is 0 Å². The van der Waals surface area contributed by atoms with Crippen LogP contribution in [0.5, 0.6) is 0 Å². The third kappa shape index (κ3) is 1.21. The summed E-state index contributed by atoms with van der Waals surface area (Å²) >= 11 is 0. The Hall–Kier alpha value is -0.570. The molecule has 52 valence electrons. The second-order valence-corrected chi connectivity index (χ2v) is 2.62. The minimum Gasteiger partial charge on any atom is -0.550 e. The van der Waals surface area contributed by atoms with E-state index in [4.69, 9.17) is 0 Å². The first-order valence-corrected chi connectivity index (χ1v) is 3.26. The lowest BCUT2D eigenvalue weighted by Crippen LogP contribution is -2.64. The van der Waals surface area contributed by atoms with Crippen molar-refractivity contribution in [2.24, 2.45) is 5.92 Å². The van der Waals surface area contributed by atoms with E-state index in [1.165, 1.54) is 0 Å². The number of rotatable bonds is 1. The summed E-state index contributed by atoms with van der Waals surface area (Å²) in [4.78, 5) is 10.3. The minimum atomic E-state index is -0.924. The maximum atomic E-state index is 10.3. The molecule has 0 bridgehead atoms.